The first-order valence-electron chi connectivity index (χ1n) is 9.28. The Bertz CT molecular complexity index is 717. The lowest BCUT2D eigenvalue weighted by atomic mass is 10.2. The highest BCUT2D eigenvalue weighted by Crippen LogP contribution is 2.14. The summed E-state index contributed by atoms with van der Waals surface area (Å²) < 4.78 is 13.7. The fourth-order valence-electron chi connectivity index (χ4n) is 3.04. The van der Waals surface area contributed by atoms with Gasteiger partial charge >= 0.3 is 0 Å². The van der Waals surface area contributed by atoms with Gasteiger partial charge in [-0.05, 0) is 11.6 Å². The molecule has 0 saturated carbocycles. The van der Waals surface area contributed by atoms with E-state index in [0.717, 1.165) is 25.3 Å². The van der Waals surface area contributed by atoms with E-state index >= 15 is 0 Å². The normalized spacial score (nSPS) is 17.3. The Hall–Kier alpha value is -2.22. The molecule has 146 valence electrons. The molecular formula is C20H28N4O3. The van der Waals surface area contributed by atoms with Crippen LogP contribution < -0.4 is 0 Å². The highest BCUT2D eigenvalue weighted by molar-refractivity contribution is 5.76. The molecule has 0 radical (unpaired) electrons. The number of hydrogen-bond acceptors (Lipinski definition) is 5. The fourth-order valence-corrected chi connectivity index (χ4v) is 3.04. The van der Waals surface area contributed by atoms with Crippen LogP contribution in [0.25, 0.3) is 0 Å². The molecule has 27 heavy (non-hydrogen) atoms. The van der Waals surface area contributed by atoms with E-state index in [0.29, 0.717) is 19.8 Å². The molecule has 1 aliphatic rings. The molecule has 1 aromatic carbocycles. The third kappa shape index (κ3) is 5.89. The minimum Gasteiger partial charge on any atom is -0.375 e. The highest BCUT2D eigenvalue weighted by Gasteiger charge is 2.23. The fraction of sp³-hybridized carbons (Fsp3) is 0.500. The number of likely N-dealkylation sites (N-methyl/N-ethyl adjacent to an activating group) is 1. The molecule has 0 bridgehead atoms. The van der Waals surface area contributed by atoms with Crippen molar-refractivity contribution in [2.45, 2.75) is 25.8 Å². The molecule has 2 aromatic rings. The van der Waals surface area contributed by atoms with E-state index in [2.05, 4.69) is 22.1 Å². The first-order chi connectivity index (χ1) is 13.1. The second kappa shape index (κ2) is 9.64. The quantitative estimate of drug-likeness (QED) is 0.656. The molecule has 7 heteroatoms. The van der Waals surface area contributed by atoms with Crippen LogP contribution >= 0.6 is 0 Å². The van der Waals surface area contributed by atoms with E-state index in [1.165, 1.54) is 5.56 Å². The molecule has 0 N–H and O–H groups in total. The summed E-state index contributed by atoms with van der Waals surface area (Å²) in [5, 5.41) is 4.38. The number of amides is 1. The van der Waals surface area contributed by atoms with Crippen LogP contribution in [0.1, 0.15) is 11.3 Å². The maximum absolute atomic E-state index is 11.8. The van der Waals surface area contributed by atoms with Crippen LogP contribution in [-0.2, 0) is 34.0 Å². The van der Waals surface area contributed by atoms with Gasteiger partial charge in [0.1, 0.15) is 6.61 Å². The predicted molar refractivity (Wildman–Crippen MR) is 102 cm³/mol. The Kier molecular flexibility index (Phi) is 6.98. The van der Waals surface area contributed by atoms with Crippen molar-refractivity contribution in [2.75, 3.05) is 40.4 Å². The second-order valence-electron chi connectivity index (χ2n) is 7.00. The van der Waals surface area contributed by atoms with Crippen molar-refractivity contribution in [3.05, 3.63) is 53.9 Å². The molecule has 1 amide bonds. The molecule has 0 aliphatic carbocycles. The minimum atomic E-state index is -0.0795. The molecule has 2 heterocycles. The number of benzene rings is 1. The molecular weight excluding hydrogens is 344 g/mol. The summed E-state index contributed by atoms with van der Waals surface area (Å²) >= 11 is 0. The molecule has 0 spiro atoms. The smallest absolute Gasteiger partial charge is 0.248 e. The Morgan fingerprint density at radius 2 is 2.04 bits per heavy atom. The zero-order chi connectivity index (χ0) is 19.1. The van der Waals surface area contributed by atoms with Crippen molar-refractivity contribution < 1.29 is 14.3 Å². The van der Waals surface area contributed by atoms with Gasteiger partial charge in [-0.1, -0.05) is 30.3 Å². The topological polar surface area (TPSA) is 59.8 Å². The molecule has 7 nitrogen and oxygen atoms in total. The molecule has 0 saturated heterocycles. The monoisotopic (exact) mass is 372 g/mol. The zero-order valence-corrected chi connectivity index (χ0v) is 16.1. The second-order valence-corrected chi connectivity index (χ2v) is 7.00. The van der Waals surface area contributed by atoms with Crippen molar-refractivity contribution >= 4 is 5.91 Å². The van der Waals surface area contributed by atoms with Gasteiger partial charge in [0.2, 0.25) is 5.91 Å². The van der Waals surface area contributed by atoms with Crippen molar-refractivity contribution in [2.24, 2.45) is 0 Å². The van der Waals surface area contributed by atoms with E-state index in [1.54, 1.807) is 19.0 Å². The first-order valence-corrected chi connectivity index (χ1v) is 9.28. The zero-order valence-electron chi connectivity index (χ0n) is 16.1. The summed E-state index contributed by atoms with van der Waals surface area (Å²) in [6.07, 6.45) is 1.73. The van der Waals surface area contributed by atoms with Crippen molar-refractivity contribution in [1.29, 1.82) is 0 Å². The van der Waals surface area contributed by atoms with Crippen LogP contribution in [0.3, 0.4) is 0 Å². The van der Waals surface area contributed by atoms with E-state index in [9.17, 15) is 4.79 Å². The van der Waals surface area contributed by atoms with Gasteiger partial charge in [0.05, 0.1) is 31.6 Å². The van der Waals surface area contributed by atoms with E-state index in [-0.39, 0.29) is 18.6 Å². The lowest BCUT2D eigenvalue weighted by Gasteiger charge is -2.24. The molecule has 0 fully saturated rings. The van der Waals surface area contributed by atoms with E-state index < -0.39 is 0 Å². The number of carbonyl (C=O) groups is 1. The lowest BCUT2D eigenvalue weighted by Crippen LogP contribution is -2.37. The SMILES string of the molecule is CN(C)C(=O)CO[C@@H]1CN(CCOCc2ccccc2)Cc2ccnn2C1. The van der Waals surface area contributed by atoms with Gasteiger partial charge in [-0.2, -0.15) is 5.10 Å². The average Bonchev–Trinajstić information content (AvgIpc) is 3.02. The van der Waals surface area contributed by atoms with Crippen LogP contribution in [0.5, 0.6) is 0 Å². The summed E-state index contributed by atoms with van der Waals surface area (Å²) in [5.41, 5.74) is 2.33. The number of nitrogens with zero attached hydrogens (tertiary/aromatic N) is 4. The number of hydrogen-bond donors (Lipinski definition) is 0. The highest BCUT2D eigenvalue weighted by atomic mass is 16.5. The predicted octanol–water partition coefficient (Wildman–Crippen LogP) is 1.39. The molecule has 0 unspecified atom stereocenters. The van der Waals surface area contributed by atoms with Crippen molar-refractivity contribution in [3.8, 4) is 0 Å². The Labute approximate surface area is 160 Å². The Morgan fingerprint density at radius 3 is 2.81 bits per heavy atom. The van der Waals surface area contributed by atoms with E-state index in [1.807, 2.05) is 35.1 Å². The Balaban J connectivity index is 1.51. The maximum Gasteiger partial charge on any atom is 0.248 e. The molecule has 3 rings (SSSR count). The van der Waals surface area contributed by atoms with Gasteiger partial charge in [0.25, 0.3) is 0 Å². The van der Waals surface area contributed by atoms with Crippen LogP contribution in [0.4, 0.5) is 0 Å². The third-order valence-corrected chi connectivity index (χ3v) is 4.63. The summed E-state index contributed by atoms with van der Waals surface area (Å²) in [6, 6.07) is 12.2. The number of aromatic nitrogens is 2. The van der Waals surface area contributed by atoms with Gasteiger partial charge < -0.3 is 14.4 Å². The van der Waals surface area contributed by atoms with Gasteiger partial charge in [0, 0.05) is 39.9 Å². The number of rotatable bonds is 8. The van der Waals surface area contributed by atoms with Crippen LogP contribution in [0.2, 0.25) is 0 Å². The van der Waals surface area contributed by atoms with Gasteiger partial charge in [-0.3, -0.25) is 14.4 Å². The largest absolute Gasteiger partial charge is 0.375 e. The summed E-state index contributed by atoms with van der Waals surface area (Å²) in [7, 11) is 3.47. The Morgan fingerprint density at radius 1 is 1.22 bits per heavy atom. The summed E-state index contributed by atoms with van der Waals surface area (Å²) in [4.78, 5) is 15.7. The number of ether oxygens (including phenoxy) is 2. The minimum absolute atomic E-state index is 0.0299. The average molecular weight is 372 g/mol. The van der Waals surface area contributed by atoms with Crippen molar-refractivity contribution in [3.63, 3.8) is 0 Å². The number of fused-ring (bicyclic) bond motifs is 1. The lowest BCUT2D eigenvalue weighted by molar-refractivity contribution is -0.136. The summed E-state index contributed by atoms with van der Waals surface area (Å²) in [6.45, 7) is 4.36. The van der Waals surface area contributed by atoms with Crippen LogP contribution in [0.15, 0.2) is 42.6 Å². The van der Waals surface area contributed by atoms with Crippen LogP contribution in [0, 0.1) is 0 Å². The summed E-state index contributed by atoms with van der Waals surface area (Å²) in [5.74, 6) is -0.0299. The van der Waals surface area contributed by atoms with Gasteiger partial charge in [-0.25, -0.2) is 0 Å². The molecule has 1 atom stereocenters. The first kappa shape index (κ1) is 19.5. The number of carbonyl (C=O) groups excluding carboxylic acids is 1. The maximum atomic E-state index is 11.8. The van der Waals surface area contributed by atoms with E-state index in [4.69, 9.17) is 9.47 Å². The molecule has 1 aliphatic heterocycles. The van der Waals surface area contributed by atoms with Crippen LogP contribution in [-0.4, -0.2) is 72.0 Å². The standard InChI is InChI=1S/C20H28N4O3/c1-22(2)20(25)16-27-19-13-23(12-18-8-9-21-24(18)14-19)10-11-26-15-17-6-4-3-5-7-17/h3-9,19H,10-16H2,1-2H3/t19-/m1/s1. The van der Waals surface area contributed by atoms with Crippen molar-refractivity contribution in [1.82, 2.24) is 19.6 Å². The third-order valence-electron chi connectivity index (χ3n) is 4.63. The van der Waals surface area contributed by atoms with Gasteiger partial charge in [0.15, 0.2) is 0 Å². The molecule has 1 aromatic heterocycles. The van der Waals surface area contributed by atoms with Gasteiger partial charge in [-0.15, -0.1) is 0 Å².